The summed E-state index contributed by atoms with van der Waals surface area (Å²) in [7, 11) is 2.01. The van der Waals surface area contributed by atoms with Crippen molar-refractivity contribution >= 4 is 11.8 Å². The Kier molecular flexibility index (Phi) is 4.18. The Labute approximate surface area is 67.4 Å². The molecule has 0 saturated carbocycles. The summed E-state index contributed by atoms with van der Waals surface area (Å²) in [5.41, 5.74) is 0. The van der Waals surface area contributed by atoms with Crippen LogP contribution >= 0.6 is 11.8 Å². The average molecular weight is 160 g/mol. The predicted molar refractivity (Wildman–Crippen MR) is 47.4 cm³/mol. The maximum Gasteiger partial charge on any atom is 0.0445 e. The predicted octanol–water partition coefficient (Wildman–Crippen LogP) is 0.602. The molecule has 1 aliphatic heterocycles. The summed E-state index contributed by atoms with van der Waals surface area (Å²) in [5.74, 6) is 2.59. The number of hydrogen-bond donors (Lipinski definition) is 1. The van der Waals surface area contributed by atoms with Crippen molar-refractivity contribution in [3.05, 3.63) is 0 Å². The zero-order valence-corrected chi connectivity index (χ0v) is 7.41. The molecule has 0 radical (unpaired) electrons. The van der Waals surface area contributed by atoms with E-state index in [1.165, 1.54) is 31.1 Å². The highest BCUT2D eigenvalue weighted by atomic mass is 32.2. The molecule has 1 saturated heterocycles. The van der Waals surface area contributed by atoms with Crippen molar-refractivity contribution in [3.63, 3.8) is 0 Å². The summed E-state index contributed by atoms with van der Waals surface area (Å²) in [6.45, 7) is 3.73. The highest BCUT2D eigenvalue weighted by Crippen LogP contribution is 2.12. The molecule has 1 heterocycles. The molecule has 1 N–H and O–H groups in total. The highest BCUT2D eigenvalue weighted by Gasteiger charge is 2.09. The standard InChI is InChI=1S/C7H16N2S/c1-8-3-2-4-9-5-6-10-7-9/h8H,2-7H2,1H3. The van der Waals surface area contributed by atoms with Gasteiger partial charge in [-0.25, -0.2) is 0 Å². The minimum absolute atomic E-state index is 1.15. The van der Waals surface area contributed by atoms with Crippen LogP contribution in [0.4, 0.5) is 0 Å². The van der Waals surface area contributed by atoms with E-state index in [0.717, 1.165) is 6.54 Å². The number of rotatable bonds is 4. The van der Waals surface area contributed by atoms with Crippen LogP contribution in [0, 0.1) is 0 Å². The Morgan fingerprint density at radius 1 is 1.60 bits per heavy atom. The van der Waals surface area contributed by atoms with E-state index in [1.807, 2.05) is 18.8 Å². The van der Waals surface area contributed by atoms with Crippen molar-refractivity contribution in [2.24, 2.45) is 0 Å². The summed E-state index contributed by atoms with van der Waals surface area (Å²) in [4.78, 5) is 2.52. The Morgan fingerprint density at radius 2 is 2.50 bits per heavy atom. The molecule has 1 aliphatic rings. The van der Waals surface area contributed by atoms with Gasteiger partial charge in [-0.2, -0.15) is 0 Å². The molecule has 0 unspecified atom stereocenters. The first-order valence-corrected chi connectivity index (χ1v) is 5.03. The smallest absolute Gasteiger partial charge is 0.0445 e. The molecule has 0 spiro atoms. The minimum Gasteiger partial charge on any atom is -0.320 e. The first-order valence-electron chi connectivity index (χ1n) is 3.88. The third-order valence-electron chi connectivity index (χ3n) is 1.73. The van der Waals surface area contributed by atoms with E-state index in [9.17, 15) is 0 Å². The Balaban J connectivity index is 1.91. The van der Waals surface area contributed by atoms with Crippen LogP contribution in [0.25, 0.3) is 0 Å². The molecule has 3 heteroatoms. The largest absolute Gasteiger partial charge is 0.320 e. The van der Waals surface area contributed by atoms with E-state index in [1.54, 1.807) is 0 Å². The van der Waals surface area contributed by atoms with E-state index in [0.29, 0.717) is 0 Å². The van der Waals surface area contributed by atoms with Gasteiger partial charge in [-0.1, -0.05) is 0 Å². The van der Waals surface area contributed by atoms with Gasteiger partial charge in [0.15, 0.2) is 0 Å². The first kappa shape index (κ1) is 8.37. The summed E-state index contributed by atoms with van der Waals surface area (Å²) < 4.78 is 0. The fraction of sp³-hybridized carbons (Fsp3) is 1.00. The van der Waals surface area contributed by atoms with Crippen molar-refractivity contribution in [2.75, 3.05) is 38.3 Å². The number of hydrogen-bond acceptors (Lipinski definition) is 3. The molecular formula is C7H16N2S. The zero-order chi connectivity index (χ0) is 7.23. The van der Waals surface area contributed by atoms with E-state index < -0.39 is 0 Å². The lowest BCUT2D eigenvalue weighted by molar-refractivity contribution is 0.349. The molecule has 2 nitrogen and oxygen atoms in total. The summed E-state index contributed by atoms with van der Waals surface area (Å²) in [6, 6.07) is 0. The summed E-state index contributed by atoms with van der Waals surface area (Å²) in [5, 5.41) is 3.16. The van der Waals surface area contributed by atoms with Crippen molar-refractivity contribution < 1.29 is 0 Å². The van der Waals surface area contributed by atoms with E-state index in [-0.39, 0.29) is 0 Å². The second-order valence-corrected chi connectivity index (χ2v) is 3.69. The van der Waals surface area contributed by atoms with Gasteiger partial charge in [0.2, 0.25) is 0 Å². The molecule has 60 valence electrons. The van der Waals surface area contributed by atoms with Crippen LogP contribution < -0.4 is 5.32 Å². The van der Waals surface area contributed by atoms with Crippen molar-refractivity contribution in [2.45, 2.75) is 6.42 Å². The maximum absolute atomic E-state index is 3.16. The minimum atomic E-state index is 1.15. The second kappa shape index (κ2) is 4.99. The van der Waals surface area contributed by atoms with Crippen LogP contribution in [-0.4, -0.2) is 43.2 Å². The molecule has 0 atom stereocenters. The monoisotopic (exact) mass is 160 g/mol. The van der Waals surface area contributed by atoms with E-state index in [4.69, 9.17) is 0 Å². The molecule has 10 heavy (non-hydrogen) atoms. The molecule has 0 bridgehead atoms. The van der Waals surface area contributed by atoms with Gasteiger partial charge in [0.05, 0.1) is 0 Å². The van der Waals surface area contributed by atoms with Gasteiger partial charge in [0.1, 0.15) is 0 Å². The van der Waals surface area contributed by atoms with Crippen molar-refractivity contribution in [1.29, 1.82) is 0 Å². The summed E-state index contributed by atoms with van der Waals surface area (Å²) >= 11 is 2.05. The second-order valence-electron chi connectivity index (χ2n) is 2.61. The molecular weight excluding hydrogens is 144 g/mol. The molecule has 0 aromatic heterocycles. The lowest BCUT2D eigenvalue weighted by Crippen LogP contribution is -2.23. The topological polar surface area (TPSA) is 15.3 Å². The summed E-state index contributed by atoms with van der Waals surface area (Å²) in [6.07, 6.45) is 1.29. The van der Waals surface area contributed by atoms with Gasteiger partial charge in [-0.15, -0.1) is 11.8 Å². The normalized spacial score (nSPS) is 20.1. The third-order valence-corrected chi connectivity index (χ3v) is 2.75. The Hall–Kier alpha value is 0.270. The van der Waals surface area contributed by atoms with Gasteiger partial charge in [-0.05, 0) is 20.0 Å². The molecule has 0 aromatic rings. The van der Waals surface area contributed by atoms with Crippen molar-refractivity contribution in [1.82, 2.24) is 10.2 Å². The number of thioether (sulfide) groups is 1. The zero-order valence-electron chi connectivity index (χ0n) is 6.60. The van der Waals surface area contributed by atoms with Gasteiger partial charge in [0.25, 0.3) is 0 Å². The molecule has 0 aliphatic carbocycles. The van der Waals surface area contributed by atoms with E-state index in [2.05, 4.69) is 10.2 Å². The Bertz CT molecular complexity index is 81.7. The van der Waals surface area contributed by atoms with Crippen LogP contribution in [0.1, 0.15) is 6.42 Å². The van der Waals surface area contributed by atoms with Crippen LogP contribution in [0.15, 0.2) is 0 Å². The van der Waals surface area contributed by atoms with Crippen molar-refractivity contribution in [3.8, 4) is 0 Å². The lowest BCUT2D eigenvalue weighted by Gasteiger charge is -2.12. The highest BCUT2D eigenvalue weighted by molar-refractivity contribution is 7.99. The van der Waals surface area contributed by atoms with Crippen LogP contribution in [-0.2, 0) is 0 Å². The number of nitrogens with zero attached hydrogens (tertiary/aromatic N) is 1. The van der Waals surface area contributed by atoms with Crippen LogP contribution in [0.5, 0.6) is 0 Å². The van der Waals surface area contributed by atoms with E-state index >= 15 is 0 Å². The SMILES string of the molecule is CNCCCN1CCSC1. The maximum atomic E-state index is 3.16. The average Bonchev–Trinajstić information content (AvgIpc) is 2.41. The third kappa shape index (κ3) is 2.90. The quantitative estimate of drug-likeness (QED) is 0.606. The van der Waals surface area contributed by atoms with Crippen LogP contribution in [0.2, 0.25) is 0 Å². The number of nitrogens with one attached hydrogen (secondary N) is 1. The Morgan fingerprint density at radius 3 is 3.10 bits per heavy atom. The molecule has 0 aromatic carbocycles. The fourth-order valence-corrected chi connectivity index (χ4v) is 2.14. The molecule has 1 fully saturated rings. The van der Waals surface area contributed by atoms with Crippen LogP contribution in [0.3, 0.4) is 0 Å². The lowest BCUT2D eigenvalue weighted by atomic mass is 10.4. The first-order chi connectivity index (χ1) is 4.93. The van der Waals surface area contributed by atoms with Gasteiger partial charge in [-0.3, -0.25) is 4.90 Å². The molecule has 1 rings (SSSR count). The molecule has 0 amide bonds. The van der Waals surface area contributed by atoms with Gasteiger partial charge >= 0.3 is 0 Å². The van der Waals surface area contributed by atoms with Gasteiger partial charge < -0.3 is 5.32 Å². The fourth-order valence-electron chi connectivity index (χ4n) is 1.11. The van der Waals surface area contributed by atoms with Gasteiger partial charge in [0, 0.05) is 24.7 Å².